The Bertz CT molecular complexity index is 327. The average molecular weight is 202 g/mol. The van der Waals surface area contributed by atoms with Crippen LogP contribution in [0, 0.1) is 5.82 Å². The molecule has 1 aromatic carbocycles. The van der Waals surface area contributed by atoms with Crippen molar-refractivity contribution in [3.63, 3.8) is 0 Å². The third-order valence-electron chi connectivity index (χ3n) is 1.65. The molecule has 4 heteroatoms. The molecule has 0 radical (unpaired) electrons. The summed E-state index contributed by atoms with van der Waals surface area (Å²) in [5, 5.41) is 0.00398. The molecular weight excluding hydrogens is 193 g/mol. The van der Waals surface area contributed by atoms with E-state index in [1.54, 1.807) is 6.07 Å². The number of carbonyl (C=O) groups excluding carboxylic acids is 1. The Labute approximate surface area is 80.5 Å². The molecule has 0 amide bonds. The van der Waals surface area contributed by atoms with Gasteiger partial charge in [-0.3, -0.25) is 4.79 Å². The first-order valence-electron chi connectivity index (χ1n) is 3.80. The van der Waals surface area contributed by atoms with Crippen molar-refractivity contribution >= 4 is 17.4 Å². The quantitative estimate of drug-likeness (QED) is 0.807. The van der Waals surface area contributed by atoms with Gasteiger partial charge in [0.1, 0.15) is 5.82 Å². The smallest absolute Gasteiger partial charge is 0.150 e. The maximum Gasteiger partial charge on any atom is 0.150 e. The van der Waals surface area contributed by atoms with Crippen LogP contribution in [0.5, 0.6) is 0 Å². The minimum absolute atomic E-state index is 0.00398. The Morgan fingerprint density at radius 1 is 1.54 bits per heavy atom. The van der Waals surface area contributed by atoms with Crippen molar-refractivity contribution in [2.24, 2.45) is 5.73 Å². The topological polar surface area (TPSA) is 43.1 Å². The van der Waals surface area contributed by atoms with Crippen LogP contribution in [0.1, 0.15) is 5.56 Å². The largest absolute Gasteiger partial charge is 0.324 e. The second kappa shape index (κ2) is 4.35. The zero-order valence-corrected chi connectivity index (χ0v) is 7.64. The molecule has 0 unspecified atom stereocenters. The van der Waals surface area contributed by atoms with Crippen molar-refractivity contribution in [2.75, 3.05) is 6.54 Å². The highest BCUT2D eigenvalue weighted by Gasteiger charge is 2.08. The first-order valence-corrected chi connectivity index (χ1v) is 4.17. The lowest BCUT2D eigenvalue weighted by Crippen LogP contribution is -2.15. The van der Waals surface area contributed by atoms with Gasteiger partial charge in [-0.2, -0.15) is 0 Å². The predicted molar refractivity (Wildman–Crippen MR) is 49.2 cm³/mol. The summed E-state index contributed by atoms with van der Waals surface area (Å²) in [6.07, 6.45) is 0.0904. The van der Waals surface area contributed by atoms with E-state index in [-0.39, 0.29) is 23.8 Å². The van der Waals surface area contributed by atoms with E-state index < -0.39 is 5.82 Å². The highest BCUT2D eigenvalue weighted by molar-refractivity contribution is 6.31. The van der Waals surface area contributed by atoms with Gasteiger partial charge >= 0.3 is 0 Å². The lowest BCUT2D eigenvalue weighted by Gasteiger charge is -2.02. The van der Waals surface area contributed by atoms with Crippen LogP contribution in [0.4, 0.5) is 4.39 Å². The Morgan fingerprint density at radius 2 is 2.23 bits per heavy atom. The molecule has 0 heterocycles. The number of benzene rings is 1. The van der Waals surface area contributed by atoms with Crippen molar-refractivity contribution in [1.82, 2.24) is 0 Å². The summed E-state index contributed by atoms with van der Waals surface area (Å²) >= 11 is 5.63. The first-order chi connectivity index (χ1) is 6.15. The fourth-order valence-electron chi connectivity index (χ4n) is 0.970. The number of Topliss-reactive ketones (excluding diaryl/α,β-unsaturated/α-hetero) is 1. The van der Waals surface area contributed by atoms with Crippen molar-refractivity contribution in [2.45, 2.75) is 6.42 Å². The number of hydrogen-bond donors (Lipinski definition) is 1. The van der Waals surface area contributed by atoms with Crippen LogP contribution in [-0.2, 0) is 11.2 Å². The van der Waals surface area contributed by atoms with Gasteiger partial charge in [0.25, 0.3) is 0 Å². The third kappa shape index (κ3) is 2.50. The molecule has 2 nitrogen and oxygen atoms in total. The Balaban J connectivity index is 2.89. The van der Waals surface area contributed by atoms with Crippen molar-refractivity contribution in [1.29, 1.82) is 0 Å². The molecule has 0 aliphatic rings. The normalized spacial score (nSPS) is 10.1. The van der Waals surface area contributed by atoms with Gasteiger partial charge in [-0.05, 0) is 11.6 Å². The van der Waals surface area contributed by atoms with Crippen molar-refractivity contribution < 1.29 is 9.18 Å². The van der Waals surface area contributed by atoms with E-state index in [1.807, 2.05) is 0 Å². The van der Waals surface area contributed by atoms with Crippen LogP contribution >= 0.6 is 11.6 Å². The zero-order chi connectivity index (χ0) is 9.84. The summed E-state index contributed by atoms with van der Waals surface area (Å²) in [6, 6.07) is 4.37. The van der Waals surface area contributed by atoms with E-state index in [0.717, 1.165) is 0 Å². The van der Waals surface area contributed by atoms with Gasteiger partial charge in [0.15, 0.2) is 5.78 Å². The second-order valence-corrected chi connectivity index (χ2v) is 3.01. The molecule has 0 saturated heterocycles. The zero-order valence-electron chi connectivity index (χ0n) is 6.89. The monoisotopic (exact) mass is 201 g/mol. The highest BCUT2D eigenvalue weighted by Crippen LogP contribution is 2.19. The van der Waals surface area contributed by atoms with E-state index in [4.69, 9.17) is 17.3 Å². The number of hydrogen-bond acceptors (Lipinski definition) is 2. The fraction of sp³-hybridized carbons (Fsp3) is 0.222. The lowest BCUT2D eigenvalue weighted by molar-refractivity contribution is -0.117. The SMILES string of the molecule is NCC(=O)Cc1cccc(F)c1Cl. The second-order valence-electron chi connectivity index (χ2n) is 2.63. The molecule has 1 rings (SSSR count). The predicted octanol–water partition coefficient (Wildman–Crippen LogP) is 1.55. The lowest BCUT2D eigenvalue weighted by atomic mass is 10.1. The summed E-state index contributed by atoms with van der Waals surface area (Å²) in [4.78, 5) is 10.9. The van der Waals surface area contributed by atoms with E-state index in [9.17, 15) is 9.18 Å². The maximum atomic E-state index is 12.9. The van der Waals surface area contributed by atoms with Gasteiger partial charge < -0.3 is 5.73 Å². The summed E-state index contributed by atoms with van der Waals surface area (Å²) in [5.41, 5.74) is 5.61. The minimum Gasteiger partial charge on any atom is -0.324 e. The highest BCUT2D eigenvalue weighted by atomic mass is 35.5. The molecule has 0 fully saturated rings. The van der Waals surface area contributed by atoms with Crippen LogP contribution in [0.2, 0.25) is 5.02 Å². The average Bonchev–Trinajstić information content (AvgIpc) is 2.13. The molecule has 70 valence electrons. The molecule has 1 aromatic rings. The summed E-state index contributed by atoms with van der Waals surface area (Å²) in [6.45, 7) is -0.0488. The summed E-state index contributed by atoms with van der Waals surface area (Å²) in [5.74, 6) is -0.670. The van der Waals surface area contributed by atoms with Crippen molar-refractivity contribution in [3.05, 3.63) is 34.6 Å². The van der Waals surface area contributed by atoms with E-state index >= 15 is 0 Å². The molecule has 0 bridgehead atoms. The third-order valence-corrected chi connectivity index (χ3v) is 2.07. The number of carbonyl (C=O) groups is 1. The van der Waals surface area contributed by atoms with Gasteiger partial charge in [-0.25, -0.2) is 4.39 Å². The van der Waals surface area contributed by atoms with Crippen molar-refractivity contribution in [3.8, 4) is 0 Å². The maximum absolute atomic E-state index is 12.9. The molecule has 2 N–H and O–H groups in total. The first kappa shape index (κ1) is 10.2. The summed E-state index contributed by atoms with van der Waals surface area (Å²) in [7, 11) is 0. The van der Waals surface area contributed by atoms with Gasteiger partial charge in [-0.1, -0.05) is 23.7 Å². The Morgan fingerprint density at radius 3 is 2.85 bits per heavy atom. The number of halogens is 2. The van der Waals surface area contributed by atoms with E-state index in [0.29, 0.717) is 5.56 Å². The van der Waals surface area contributed by atoms with Gasteiger partial charge in [0.05, 0.1) is 11.6 Å². The molecule has 0 spiro atoms. The van der Waals surface area contributed by atoms with Crippen LogP contribution in [-0.4, -0.2) is 12.3 Å². The Hall–Kier alpha value is -0.930. The van der Waals surface area contributed by atoms with Gasteiger partial charge in [0.2, 0.25) is 0 Å². The van der Waals surface area contributed by atoms with Crippen LogP contribution in [0.3, 0.4) is 0 Å². The molecule has 0 atom stereocenters. The minimum atomic E-state index is -0.510. The van der Waals surface area contributed by atoms with Gasteiger partial charge in [-0.15, -0.1) is 0 Å². The fourth-order valence-corrected chi connectivity index (χ4v) is 1.16. The van der Waals surface area contributed by atoms with Crippen LogP contribution in [0.25, 0.3) is 0 Å². The number of rotatable bonds is 3. The van der Waals surface area contributed by atoms with E-state index in [2.05, 4.69) is 0 Å². The molecule has 0 aliphatic carbocycles. The molecular formula is C9H9ClFNO. The number of nitrogens with two attached hydrogens (primary N) is 1. The van der Waals surface area contributed by atoms with Crippen LogP contribution < -0.4 is 5.73 Å². The van der Waals surface area contributed by atoms with Gasteiger partial charge in [0, 0.05) is 6.42 Å². The number of ketones is 1. The molecule has 13 heavy (non-hydrogen) atoms. The Kier molecular flexibility index (Phi) is 3.39. The van der Waals surface area contributed by atoms with Crippen LogP contribution in [0.15, 0.2) is 18.2 Å². The molecule has 0 aliphatic heterocycles. The molecule has 0 aromatic heterocycles. The molecule has 0 saturated carbocycles. The summed E-state index contributed by atoms with van der Waals surface area (Å²) < 4.78 is 12.9. The standard InChI is InChI=1S/C9H9ClFNO/c10-9-6(4-7(13)5-12)2-1-3-8(9)11/h1-3H,4-5,12H2. The van der Waals surface area contributed by atoms with E-state index in [1.165, 1.54) is 12.1 Å².